The highest BCUT2D eigenvalue weighted by atomic mass is 35.5. The highest BCUT2D eigenvalue weighted by Gasteiger charge is 2.21. The van der Waals surface area contributed by atoms with Crippen molar-refractivity contribution in [1.29, 1.82) is 0 Å². The van der Waals surface area contributed by atoms with Crippen LogP contribution in [0.15, 0.2) is 24.3 Å². The zero-order valence-electron chi connectivity index (χ0n) is 9.11. The van der Waals surface area contributed by atoms with Gasteiger partial charge < -0.3 is 15.4 Å². The number of hydrogen-bond donors (Lipinski definition) is 2. The average Bonchev–Trinajstić information content (AvgIpc) is 2.33. The molecule has 1 aliphatic rings. The van der Waals surface area contributed by atoms with Crippen molar-refractivity contribution in [2.24, 2.45) is 0 Å². The predicted octanol–water partition coefficient (Wildman–Crippen LogP) is 1.69. The maximum Gasteiger partial charge on any atom is 0.254 e. The maximum atomic E-state index is 11.7. The van der Waals surface area contributed by atoms with E-state index in [1.165, 1.54) is 0 Å². The van der Waals surface area contributed by atoms with E-state index < -0.39 is 6.10 Å². The number of halogens is 2. The largest absolute Gasteiger partial charge is 0.366 e. The second kappa shape index (κ2) is 6.81. The highest BCUT2D eigenvalue weighted by Crippen LogP contribution is 2.14. The Morgan fingerprint density at radius 2 is 2.12 bits per heavy atom. The smallest absolute Gasteiger partial charge is 0.254 e. The lowest BCUT2D eigenvalue weighted by atomic mass is 10.2. The SMILES string of the molecule is Cl.O=C(Nc1ccc(Cl)cc1)C1CNCCO1. The lowest BCUT2D eigenvalue weighted by molar-refractivity contribution is -0.128. The Balaban J connectivity index is 0.00000144. The Morgan fingerprint density at radius 1 is 1.41 bits per heavy atom. The zero-order chi connectivity index (χ0) is 11.4. The predicted molar refractivity (Wildman–Crippen MR) is 69.9 cm³/mol. The third kappa shape index (κ3) is 4.16. The van der Waals surface area contributed by atoms with Crippen LogP contribution in [-0.4, -0.2) is 31.7 Å². The summed E-state index contributed by atoms with van der Waals surface area (Å²) in [6.07, 6.45) is -0.413. The summed E-state index contributed by atoms with van der Waals surface area (Å²) in [6.45, 7) is 1.92. The second-order valence-corrected chi connectivity index (χ2v) is 4.00. The molecule has 1 saturated heterocycles. The molecule has 17 heavy (non-hydrogen) atoms. The van der Waals surface area contributed by atoms with Crippen molar-refractivity contribution in [3.63, 3.8) is 0 Å². The van der Waals surface area contributed by atoms with Gasteiger partial charge in [-0.2, -0.15) is 0 Å². The van der Waals surface area contributed by atoms with Crippen LogP contribution in [0.3, 0.4) is 0 Å². The van der Waals surface area contributed by atoms with Crippen LogP contribution in [0.5, 0.6) is 0 Å². The first-order chi connectivity index (χ1) is 7.75. The molecule has 6 heteroatoms. The van der Waals surface area contributed by atoms with Gasteiger partial charge in [0.05, 0.1) is 6.61 Å². The van der Waals surface area contributed by atoms with Gasteiger partial charge >= 0.3 is 0 Å². The van der Waals surface area contributed by atoms with E-state index in [4.69, 9.17) is 16.3 Å². The number of amides is 1. The normalized spacial score (nSPS) is 19.2. The van der Waals surface area contributed by atoms with Gasteiger partial charge in [-0.15, -0.1) is 12.4 Å². The van der Waals surface area contributed by atoms with E-state index in [0.29, 0.717) is 18.2 Å². The standard InChI is InChI=1S/C11H13ClN2O2.ClH/c12-8-1-3-9(4-2-8)14-11(15)10-7-13-5-6-16-10;/h1-4,10,13H,5-7H2,(H,14,15);1H. The van der Waals surface area contributed by atoms with Gasteiger partial charge in [0.25, 0.3) is 5.91 Å². The summed E-state index contributed by atoms with van der Waals surface area (Å²) < 4.78 is 5.34. The van der Waals surface area contributed by atoms with Crippen molar-refractivity contribution in [2.45, 2.75) is 6.10 Å². The number of anilines is 1. The molecule has 1 fully saturated rings. The Kier molecular flexibility index (Phi) is 5.71. The number of carbonyl (C=O) groups is 1. The lowest BCUT2D eigenvalue weighted by Gasteiger charge is -2.22. The highest BCUT2D eigenvalue weighted by molar-refractivity contribution is 6.30. The Labute approximate surface area is 111 Å². The van der Waals surface area contributed by atoms with Crippen LogP contribution >= 0.6 is 24.0 Å². The summed E-state index contributed by atoms with van der Waals surface area (Å²) in [5.41, 5.74) is 0.726. The van der Waals surface area contributed by atoms with Gasteiger partial charge in [0.1, 0.15) is 6.10 Å². The number of carbonyl (C=O) groups excluding carboxylic acids is 1. The quantitative estimate of drug-likeness (QED) is 0.865. The number of hydrogen-bond acceptors (Lipinski definition) is 3. The fraction of sp³-hybridized carbons (Fsp3) is 0.364. The van der Waals surface area contributed by atoms with Gasteiger partial charge in [0.2, 0.25) is 0 Å². The summed E-state index contributed by atoms with van der Waals surface area (Å²) in [7, 11) is 0. The molecule has 0 radical (unpaired) electrons. The summed E-state index contributed by atoms with van der Waals surface area (Å²) in [6, 6.07) is 6.99. The molecule has 0 aromatic heterocycles. The van der Waals surface area contributed by atoms with Crippen molar-refractivity contribution < 1.29 is 9.53 Å². The molecule has 4 nitrogen and oxygen atoms in total. The van der Waals surface area contributed by atoms with Crippen LogP contribution in [0.1, 0.15) is 0 Å². The molecule has 94 valence electrons. The minimum atomic E-state index is -0.413. The van der Waals surface area contributed by atoms with Crippen LogP contribution in [0.2, 0.25) is 5.02 Å². The second-order valence-electron chi connectivity index (χ2n) is 3.56. The van der Waals surface area contributed by atoms with Crippen LogP contribution < -0.4 is 10.6 Å². The average molecular weight is 277 g/mol. The number of morpholine rings is 1. The van der Waals surface area contributed by atoms with Crippen LogP contribution in [0, 0.1) is 0 Å². The Morgan fingerprint density at radius 3 is 2.71 bits per heavy atom. The number of benzene rings is 1. The molecule has 1 aromatic carbocycles. The number of ether oxygens (including phenoxy) is 1. The van der Waals surface area contributed by atoms with Crippen molar-refractivity contribution in [2.75, 3.05) is 25.0 Å². The van der Waals surface area contributed by atoms with Crippen molar-refractivity contribution >= 4 is 35.6 Å². The Hall–Kier alpha value is -0.810. The monoisotopic (exact) mass is 276 g/mol. The molecule has 1 unspecified atom stereocenters. The van der Waals surface area contributed by atoms with E-state index in [1.54, 1.807) is 24.3 Å². The summed E-state index contributed by atoms with van der Waals surface area (Å²) >= 11 is 5.75. The molecule has 1 aromatic rings. The molecule has 1 amide bonds. The van der Waals surface area contributed by atoms with Crippen molar-refractivity contribution in [1.82, 2.24) is 5.32 Å². The van der Waals surface area contributed by atoms with Crippen molar-refractivity contribution in [3.8, 4) is 0 Å². The molecule has 1 atom stereocenters. The van der Waals surface area contributed by atoms with Gasteiger partial charge in [0, 0.05) is 23.8 Å². The summed E-state index contributed by atoms with van der Waals surface area (Å²) in [5.74, 6) is -0.130. The molecule has 2 rings (SSSR count). The van der Waals surface area contributed by atoms with Gasteiger partial charge in [-0.1, -0.05) is 11.6 Å². The van der Waals surface area contributed by atoms with E-state index in [-0.39, 0.29) is 18.3 Å². The lowest BCUT2D eigenvalue weighted by Crippen LogP contribution is -2.45. The number of rotatable bonds is 2. The molecule has 1 heterocycles. The molecule has 2 N–H and O–H groups in total. The van der Waals surface area contributed by atoms with E-state index in [1.807, 2.05) is 0 Å². The van der Waals surface area contributed by atoms with Gasteiger partial charge in [-0.25, -0.2) is 0 Å². The van der Waals surface area contributed by atoms with E-state index in [2.05, 4.69) is 10.6 Å². The first-order valence-electron chi connectivity index (χ1n) is 5.14. The van der Waals surface area contributed by atoms with Crippen LogP contribution in [-0.2, 0) is 9.53 Å². The summed E-state index contributed by atoms with van der Waals surface area (Å²) in [4.78, 5) is 11.7. The van der Waals surface area contributed by atoms with Gasteiger partial charge in [-0.05, 0) is 24.3 Å². The van der Waals surface area contributed by atoms with Gasteiger partial charge in [-0.3, -0.25) is 4.79 Å². The zero-order valence-corrected chi connectivity index (χ0v) is 10.7. The minimum absolute atomic E-state index is 0. The van der Waals surface area contributed by atoms with Crippen LogP contribution in [0.4, 0.5) is 5.69 Å². The first-order valence-corrected chi connectivity index (χ1v) is 5.52. The molecule has 0 spiro atoms. The summed E-state index contributed by atoms with van der Waals surface area (Å²) in [5, 5.41) is 6.53. The van der Waals surface area contributed by atoms with Crippen molar-refractivity contribution in [3.05, 3.63) is 29.3 Å². The van der Waals surface area contributed by atoms with E-state index in [0.717, 1.165) is 12.2 Å². The molecular weight excluding hydrogens is 263 g/mol. The molecule has 0 aliphatic carbocycles. The topological polar surface area (TPSA) is 50.4 Å². The minimum Gasteiger partial charge on any atom is -0.366 e. The Bertz CT molecular complexity index is 364. The van der Waals surface area contributed by atoms with Crippen LogP contribution in [0.25, 0.3) is 0 Å². The van der Waals surface area contributed by atoms with E-state index in [9.17, 15) is 4.79 Å². The maximum absolute atomic E-state index is 11.7. The molecule has 1 aliphatic heterocycles. The molecule has 0 saturated carbocycles. The fourth-order valence-corrected chi connectivity index (χ4v) is 1.62. The van der Waals surface area contributed by atoms with Gasteiger partial charge in [0.15, 0.2) is 0 Å². The fourth-order valence-electron chi connectivity index (χ4n) is 1.49. The third-order valence-corrected chi connectivity index (χ3v) is 2.58. The molecule has 0 bridgehead atoms. The molecular formula is C11H14Cl2N2O2. The number of nitrogens with one attached hydrogen (secondary N) is 2. The van der Waals surface area contributed by atoms with E-state index >= 15 is 0 Å². The third-order valence-electron chi connectivity index (χ3n) is 2.33. The first kappa shape index (κ1) is 14.3.